The quantitative estimate of drug-likeness (QED) is 0.727. The molecule has 26 heavy (non-hydrogen) atoms. The van der Waals surface area contributed by atoms with Crippen molar-refractivity contribution in [1.82, 2.24) is 10.2 Å². The number of carbonyl (C=O) groups is 2. The van der Waals surface area contributed by atoms with E-state index >= 15 is 0 Å². The lowest BCUT2D eigenvalue weighted by Gasteiger charge is -2.32. The van der Waals surface area contributed by atoms with Crippen LogP contribution in [0.2, 0.25) is 0 Å². The zero-order valence-corrected chi connectivity index (χ0v) is 15.5. The molecule has 0 aromatic heterocycles. The highest BCUT2D eigenvalue weighted by Crippen LogP contribution is 2.24. The van der Waals surface area contributed by atoms with Crippen molar-refractivity contribution in [2.24, 2.45) is 5.92 Å². The van der Waals surface area contributed by atoms with Gasteiger partial charge in [-0.1, -0.05) is 0 Å². The number of hydrogen-bond donors (Lipinski definition) is 2. The highest BCUT2D eigenvalue weighted by Gasteiger charge is 2.23. The SMILES string of the molecule is COc1ccc(CNC(=O)CCC2CCCN(C(=O)CO)C2)c(OC)c1. The van der Waals surface area contributed by atoms with Gasteiger partial charge in [0.1, 0.15) is 18.1 Å². The number of ether oxygens (including phenoxy) is 2. The first-order valence-corrected chi connectivity index (χ1v) is 8.93. The molecule has 1 aliphatic heterocycles. The van der Waals surface area contributed by atoms with Crippen molar-refractivity contribution in [1.29, 1.82) is 0 Å². The minimum atomic E-state index is -0.448. The van der Waals surface area contributed by atoms with Gasteiger partial charge in [-0.05, 0) is 37.3 Å². The summed E-state index contributed by atoms with van der Waals surface area (Å²) < 4.78 is 10.5. The largest absolute Gasteiger partial charge is 0.497 e. The van der Waals surface area contributed by atoms with E-state index in [9.17, 15) is 9.59 Å². The van der Waals surface area contributed by atoms with Crippen LogP contribution in [0.5, 0.6) is 11.5 Å². The van der Waals surface area contributed by atoms with Gasteiger partial charge in [0.25, 0.3) is 0 Å². The van der Waals surface area contributed by atoms with Crippen molar-refractivity contribution in [2.45, 2.75) is 32.2 Å². The molecule has 2 rings (SSSR count). The van der Waals surface area contributed by atoms with E-state index in [1.165, 1.54) is 0 Å². The second-order valence-electron chi connectivity index (χ2n) is 6.50. The van der Waals surface area contributed by atoms with Crippen LogP contribution in [0.1, 0.15) is 31.2 Å². The number of carbonyl (C=O) groups excluding carboxylic acids is 2. The van der Waals surface area contributed by atoms with Gasteiger partial charge in [-0.25, -0.2) is 0 Å². The van der Waals surface area contributed by atoms with Gasteiger partial charge in [0, 0.05) is 37.7 Å². The van der Waals surface area contributed by atoms with Crippen LogP contribution in [0.3, 0.4) is 0 Å². The summed E-state index contributed by atoms with van der Waals surface area (Å²) in [4.78, 5) is 25.4. The summed E-state index contributed by atoms with van der Waals surface area (Å²) >= 11 is 0. The first kappa shape index (κ1) is 20.0. The topological polar surface area (TPSA) is 88.1 Å². The van der Waals surface area contributed by atoms with Crippen molar-refractivity contribution in [3.05, 3.63) is 23.8 Å². The average molecular weight is 364 g/mol. The second-order valence-corrected chi connectivity index (χ2v) is 6.50. The summed E-state index contributed by atoms with van der Waals surface area (Å²) in [5, 5.41) is 11.9. The van der Waals surface area contributed by atoms with E-state index < -0.39 is 6.61 Å². The Morgan fingerprint density at radius 1 is 1.31 bits per heavy atom. The molecule has 1 fully saturated rings. The first-order valence-electron chi connectivity index (χ1n) is 8.93. The molecule has 0 bridgehead atoms. The summed E-state index contributed by atoms with van der Waals surface area (Å²) in [7, 11) is 3.18. The third-order valence-electron chi connectivity index (χ3n) is 4.76. The Hall–Kier alpha value is -2.28. The third-order valence-corrected chi connectivity index (χ3v) is 4.76. The number of likely N-dealkylation sites (tertiary alicyclic amines) is 1. The fraction of sp³-hybridized carbons (Fsp3) is 0.579. The van der Waals surface area contributed by atoms with Gasteiger partial charge >= 0.3 is 0 Å². The van der Waals surface area contributed by atoms with E-state index in [0.29, 0.717) is 43.5 Å². The molecule has 2 N–H and O–H groups in total. The Labute approximate surface area is 154 Å². The van der Waals surface area contributed by atoms with E-state index in [2.05, 4.69) is 5.32 Å². The zero-order valence-electron chi connectivity index (χ0n) is 15.5. The number of piperidine rings is 1. The van der Waals surface area contributed by atoms with Gasteiger partial charge in [-0.2, -0.15) is 0 Å². The van der Waals surface area contributed by atoms with E-state index in [1.807, 2.05) is 12.1 Å². The van der Waals surface area contributed by atoms with Crippen LogP contribution in [-0.2, 0) is 16.1 Å². The molecule has 1 aromatic rings. The van der Waals surface area contributed by atoms with Crippen molar-refractivity contribution in [2.75, 3.05) is 33.9 Å². The monoisotopic (exact) mass is 364 g/mol. The average Bonchev–Trinajstić information content (AvgIpc) is 2.70. The molecular formula is C19H28N2O5. The minimum absolute atomic E-state index is 0.0199. The fourth-order valence-electron chi connectivity index (χ4n) is 3.24. The highest BCUT2D eigenvalue weighted by molar-refractivity contribution is 5.77. The zero-order chi connectivity index (χ0) is 18.9. The molecule has 1 atom stereocenters. The molecule has 1 heterocycles. The smallest absolute Gasteiger partial charge is 0.248 e. The van der Waals surface area contributed by atoms with Crippen LogP contribution in [0.25, 0.3) is 0 Å². The van der Waals surface area contributed by atoms with Crippen molar-refractivity contribution in [3.63, 3.8) is 0 Å². The number of hydrogen-bond acceptors (Lipinski definition) is 5. The molecule has 1 unspecified atom stereocenters. The van der Waals surface area contributed by atoms with Crippen LogP contribution < -0.4 is 14.8 Å². The normalized spacial score (nSPS) is 16.9. The maximum Gasteiger partial charge on any atom is 0.248 e. The molecule has 7 nitrogen and oxygen atoms in total. The van der Waals surface area contributed by atoms with Gasteiger partial charge in [0.15, 0.2) is 0 Å². The highest BCUT2D eigenvalue weighted by atomic mass is 16.5. The molecule has 0 saturated carbocycles. The van der Waals surface area contributed by atoms with Gasteiger partial charge in [-0.15, -0.1) is 0 Å². The van der Waals surface area contributed by atoms with Crippen LogP contribution in [0.4, 0.5) is 0 Å². The summed E-state index contributed by atoms with van der Waals surface area (Å²) in [6, 6.07) is 5.49. The van der Waals surface area contributed by atoms with Gasteiger partial charge < -0.3 is 24.8 Å². The third kappa shape index (κ3) is 5.62. The number of methoxy groups -OCH3 is 2. The number of aliphatic hydroxyl groups is 1. The lowest BCUT2D eigenvalue weighted by Crippen LogP contribution is -2.41. The van der Waals surface area contributed by atoms with Crippen LogP contribution in [0.15, 0.2) is 18.2 Å². The lowest BCUT2D eigenvalue weighted by molar-refractivity contribution is -0.136. The Balaban J connectivity index is 1.78. The molecule has 7 heteroatoms. The fourth-order valence-corrected chi connectivity index (χ4v) is 3.24. The molecule has 2 amide bonds. The van der Waals surface area contributed by atoms with E-state index in [4.69, 9.17) is 14.6 Å². The molecule has 144 valence electrons. The predicted molar refractivity (Wildman–Crippen MR) is 97.0 cm³/mol. The lowest BCUT2D eigenvalue weighted by atomic mass is 9.93. The maximum atomic E-state index is 12.2. The predicted octanol–water partition coefficient (Wildman–Crippen LogP) is 1.33. The summed E-state index contributed by atoms with van der Waals surface area (Å²) in [6.45, 7) is 1.26. The number of nitrogens with one attached hydrogen (secondary N) is 1. The first-order chi connectivity index (χ1) is 12.6. The van der Waals surface area contributed by atoms with Crippen molar-refractivity contribution >= 4 is 11.8 Å². The molecular weight excluding hydrogens is 336 g/mol. The number of benzene rings is 1. The molecule has 1 aromatic carbocycles. The molecule has 0 spiro atoms. The van der Waals surface area contributed by atoms with E-state index in [1.54, 1.807) is 25.2 Å². The Kier molecular flexibility index (Phi) is 7.72. The number of rotatable bonds is 8. The number of nitrogens with zero attached hydrogens (tertiary/aromatic N) is 1. The van der Waals surface area contributed by atoms with Crippen LogP contribution in [-0.4, -0.2) is 55.7 Å². The number of amides is 2. The Bertz CT molecular complexity index is 620. The molecule has 1 saturated heterocycles. The minimum Gasteiger partial charge on any atom is -0.497 e. The standard InChI is InChI=1S/C19H28N2O5/c1-25-16-7-6-15(17(10-16)26-2)11-20-18(23)8-5-14-4-3-9-21(12-14)19(24)13-22/h6-7,10,14,22H,3-5,8-9,11-13H2,1-2H3,(H,20,23). The molecule has 0 radical (unpaired) electrons. The molecule has 0 aliphatic carbocycles. The summed E-state index contributed by atoms with van der Waals surface area (Å²) in [5.74, 6) is 1.44. The van der Waals surface area contributed by atoms with Gasteiger partial charge in [0.05, 0.1) is 14.2 Å². The molecule has 1 aliphatic rings. The summed E-state index contributed by atoms with van der Waals surface area (Å²) in [6.07, 6.45) is 3.08. The van der Waals surface area contributed by atoms with E-state index in [-0.39, 0.29) is 11.8 Å². The summed E-state index contributed by atoms with van der Waals surface area (Å²) in [5.41, 5.74) is 0.888. The van der Waals surface area contributed by atoms with Crippen molar-refractivity contribution in [3.8, 4) is 11.5 Å². The van der Waals surface area contributed by atoms with Crippen LogP contribution >= 0.6 is 0 Å². The van der Waals surface area contributed by atoms with Gasteiger partial charge in [-0.3, -0.25) is 9.59 Å². The Morgan fingerprint density at radius 3 is 2.81 bits per heavy atom. The van der Waals surface area contributed by atoms with Crippen LogP contribution in [0, 0.1) is 5.92 Å². The number of aliphatic hydroxyl groups excluding tert-OH is 1. The van der Waals surface area contributed by atoms with Gasteiger partial charge in [0.2, 0.25) is 11.8 Å². The van der Waals surface area contributed by atoms with E-state index in [0.717, 1.165) is 24.8 Å². The second kappa shape index (κ2) is 10.0. The van der Waals surface area contributed by atoms with Crippen molar-refractivity contribution < 1.29 is 24.2 Å². The Morgan fingerprint density at radius 2 is 2.12 bits per heavy atom. The maximum absolute atomic E-state index is 12.2.